The summed E-state index contributed by atoms with van der Waals surface area (Å²) in [5, 5.41) is 0. The van der Waals surface area contributed by atoms with Crippen LogP contribution in [0.1, 0.15) is 40.0 Å². The van der Waals surface area contributed by atoms with Gasteiger partial charge in [0.15, 0.2) is 11.4 Å². The van der Waals surface area contributed by atoms with Crippen LogP contribution in [-0.4, -0.2) is 30.7 Å². The van der Waals surface area contributed by atoms with Gasteiger partial charge in [0, 0.05) is 19.4 Å². The lowest BCUT2D eigenvalue weighted by Crippen LogP contribution is -2.47. The molecule has 0 aromatic rings. The van der Waals surface area contributed by atoms with E-state index in [1.54, 1.807) is 0 Å². The number of carbonyl (C=O) groups is 1. The van der Waals surface area contributed by atoms with Gasteiger partial charge in [-0.05, 0) is 13.3 Å². The standard InChI is InChI=1S/C11H20O3/c1-4-7-14-11(10(12)5-2)6-8-13-9(11)3/h9H,4-8H2,1-3H3. The van der Waals surface area contributed by atoms with Gasteiger partial charge in [0.25, 0.3) is 0 Å². The number of carbonyl (C=O) groups excluding carboxylic acids is 1. The Labute approximate surface area is 85.8 Å². The van der Waals surface area contributed by atoms with Crippen molar-refractivity contribution in [3.05, 3.63) is 0 Å². The van der Waals surface area contributed by atoms with Crippen LogP contribution in [0.25, 0.3) is 0 Å². The first kappa shape index (κ1) is 11.7. The molecule has 1 heterocycles. The van der Waals surface area contributed by atoms with Crippen molar-refractivity contribution in [2.75, 3.05) is 13.2 Å². The van der Waals surface area contributed by atoms with Crippen molar-refractivity contribution in [2.45, 2.75) is 51.7 Å². The lowest BCUT2D eigenvalue weighted by Gasteiger charge is -2.30. The Morgan fingerprint density at radius 3 is 2.71 bits per heavy atom. The van der Waals surface area contributed by atoms with E-state index in [0.717, 1.165) is 6.42 Å². The van der Waals surface area contributed by atoms with Crippen LogP contribution in [0.2, 0.25) is 0 Å². The molecule has 14 heavy (non-hydrogen) atoms. The Hall–Kier alpha value is -0.410. The predicted octanol–water partition coefficient (Wildman–Crippen LogP) is 1.94. The Morgan fingerprint density at radius 2 is 2.29 bits per heavy atom. The number of hydrogen-bond acceptors (Lipinski definition) is 3. The number of rotatable bonds is 5. The van der Waals surface area contributed by atoms with Gasteiger partial charge in [-0.25, -0.2) is 0 Å². The molecule has 0 radical (unpaired) electrons. The molecule has 1 aliphatic heterocycles. The average molecular weight is 200 g/mol. The number of ether oxygens (including phenoxy) is 2. The molecule has 2 atom stereocenters. The van der Waals surface area contributed by atoms with E-state index < -0.39 is 5.60 Å². The van der Waals surface area contributed by atoms with E-state index >= 15 is 0 Å². The highest BCUT2D eigenvalue weighted by molar-refractivity contribution is 5.88. The lowest BCUT2D eigenvalue weighted by molar-refractivity contribution is -0.151. The zero-order chi connectivity index (χ0) is 10.6. The van der Waals surface area contributed by atoms with E-state index in [0.29, 0.717) is 26.1 Å². The molecule has 0 bridgehead atoms. The monoisotopic (exact) mass is 200 g/mol. The Balaban J connectivity index is 2.73. The SMILES string of the molecule is CCCOC1(C(=O)CC)CCOC1C. The minimum atomic E-state index is -0.648. The second-order valence-corrected chi connectivity index (χ2v) is 3.78. The van der Waals surface area contributed by atoms with Crippen molar-refractivity contribution in [1.82, 2.24) is 0 Å². The van der Waals surface area contributed by atoms with Crippen molar-refractivity contribution >= 4 is 5.78 Å². The highest BCUT2D eigenvalue weighted by atomic mass is 16.6. The fraction of sp³-hybridized carbons (Fsp3) is 0.909. The molecule has 0 N–H and O–H groups in total. The molecule has 0 aromatic heterocycles. The van der Waals surface area contributed by atoms with Gasteiger partial charge < -0.3 is 9.47 Å². The van der Waals surface area contributed by atoms with Gasteiger partial charge >= 0.3 is 0 Å². The molecule has 1 saturated heterocycles. The van der Waals surface area contributed by atoms with Gasteiger partial charge in [-0.2, -0.15) is 0 Å². The molecule has 0 spiro atoms. The van der Waals surface area contributed by atoms with Gasteiger partial charge in [-0.1, -0.05) is 13.8 Å². The summed E-state index contributed by atoms with van der Waals surface area (Å²) < 4.78 is 11.2. The summed E-state index contributed by atoms with van der Waals surface area (Å²) in [6.45, 7) is 7.13. The van der Waals surface area contributed by atoms with Crippen LogP contribution in [0, 0.1) is 0 Å². The van der Waals surface area contributed by atoms with Crippen LogP contribution in [0.4, 0.5) is 0 Å². The molecule has 0 aliphatic carbocycles. The molecular weight excluding hydrogens is 180 g/mol. The van der Waals surface area contributed by atoms with E-state index in [1.165, 1.54) is 0 Å². The fourth-order valence-electron chi connectivity index (χ4n) is 1.94. The van der Waals surface area contributed by atoms with E-state index in [2.05, 4.69) is 0 Å². The molecule has 3 heteroatoms. The Kier molecular flexibility index (Phi) is 4.08. The molecule has 1 fully saturated rings. The van der Waals surface area contributed by atoms with Crippen LogP contribution in [-0.2, 0) is 14.3 Å². The Bertz CT molecular complexity index is 203. The number of Topliss-reactive ketones (excluding diaryl/α,β-unsaturated/α-hetero) is 1. The van der Waals surface area contributed by atoms with Gasteiger partial charge in [0.1, 0.15) is 0 Å². The minimum Gasteiger partial charge on any atom is -0.375 e. The zero-order valence-corrected chi connectivity index (χ0v) is 9.34. The van der Waals surface area contributed by atoms with Crippen LogP contribution in [0.15, 0.2) is 0 Å². The van der Waals surface area contributed by atoms with Gasteiger partial charge in [0.2, 0.25) is 0 Å². The van der Waals surface area contributed by atoms with E-state index in [4.69, 9.17) is 9.47 Å². The molecule has 2 unspecified atom stereocenters. The summed E-state index contributed by atoms with van der Waals surface area (Å²) >= 11 is 0. The molecule has 0 amide bonds. The summed E-state index contributed by atoms with van der Waals surface area (Å²) in [7, 11) is 0. The number of ketones is 1. The fourth-order valence-corrected chi connectivity index (χ4v) is 1.94. The summed E-state index contributed by atoms with van der Waals surface area (Å²) in [5.74, 6) is 0.177. The third-order valence-corrected chi connectivity index (χ3v) is 2.85. The minimum absolute atomic E-state index is 0.0958. The third kappa shape index (κ3) is 1.98. The van der Waals surface area contributed by atoms with E-state index in [1.807, 2.05) is 20.8 Å². The average Bonchev–Trinajstić information content (AvgIpc) is 2.57. The largest absolute Gasteiger partial charge is 0.375 e. The second-order valence-electron chi connectivity index (χ2n) is 3.78. The maximum absolute atomic E-state index is 11.8. The first-order valence-electron chi connectivity index (χ1n) is 5.46. The van der Waals surface area contributed by atoms with Crippen molar-refractivity contribution in [1.29, 1.82) is 0 Å². The first-order chi connectivity index (χ1) is 6.67. The summed E-state index contributed by atoms with van der Waals surface area (Å²) in [4.78, 5) is 11.8. The highest BCUT2D eigenvalue weighted by Gasteiger charge is 2.47. The van der Waals surface area contributed by atoms with Crippen LogP contribution < -0.4 is 0 Å². The van der Waals surface area contributed by atoms with E-state index in [9.17, 15) is 4.79 Å². The predicted molar refractivity (Wildman–Crippen MR) is 54.3 cm³/mol. The summed E-state index contributed by atoms with van der Waals surface area (Å²) in [6.07, 6.45) is 2.07. The molecule has 3 nitrogen and oxygen atoms in total. The second kappa shape index (κ2) is 4.89. The first-order valence-corrected chi connectivity index (χ1v) is 5.46. The third-order valence-electron chi connectivity index (χ3n) is 2.85. The quantitative estimate of drug-likeness (QED) is 0.680. The molecule has 0 aromatic carbocycles. The maximum Gasteiger partial charge on any atom is 0.167 e. The number of hydrogen-bond donors (Lipinski definition) is 0. The molecule has 82 valence electrons. The topological polar surface area (TPSA) is 35.5 Å². The van der Waals surface area contributed by atoms with Crippen molar-refractivity contribution in [3.8, 4) is 0 Å². The van der Waals surface area contributed by atoms with Gasteiger partial charge in [-0.3, -0.25) is 4.79 Å². The zero-order valence-electron chi connectivity index (χ0n) is 9.34. The van der Waals surface area contributed by atoms with Crippen LogP contribution in [0.3, 0.4) is 0 Å². The van der Waals surface area contributed by atoms with Crippen molar-refractivity contribution < 1.29 is 14.3 Å². The van der Waals surface area contributed by atoms with Crippen molar-refractivity contribution in [3.63, 3.8) is 0 Å². The smallest absolute Gasteiger partial charge is 0.167 e. The van der Waals surface area contributed by atoms with Crippen molar-refractivity contribution in [2.24, 2.45) is 0 Å². The molecular formula is C11H20O3. The molecule has 1 aliphatic rings. The summed E-state index contributed by atoms with van der Waals surface area (Å²) in [6, 6.07) is 0. The summed E-state index contributed by atoms with van der Waals surface area (Å²) in [5.41, 5.74) is -0.648. The Morgan fingerprint density at radius 1 is 1.57 bits per heavy atom. The molecule has 1 rings (SSSR count). The van der Waals surface area contributed by atoms with E-state index in [-0.39, 0.29) is 11.9 Å². The lowest BCUT2D eigenvalue weighted by atomic mass is 9.89. The van der Waals surface area contributed by atoms with Gasteiger partial charge in [-0.15, -0.1) is 0 Å². The highest BCUT2D eigenvalue weighted by Crippen LogP contribution is 2.31. The maximum atomic E-state index is 11.8. The normalized spacial score (nSPS) is 32.1. The van der Waals surface area contributed by atoms with Crippen LogP contribution >= 0.6 is 0 Å². The molecule has 0 saturated carbocycles. The van der Waals surface area contributed by atoms with Gasteiger partial charge in [0.05, 0.1) is 12.7 Å². The van der Waals surface area contributed by atoms with Crippen LogP contribution in [0.5, 0.6) is 0 Å².